The minimum absolute atomic E-state index is 0. The van der Waals surface area contributed by atoms with Crippen LogP contribution in [0.4, 0.5) is 0 Å². The summed E-state index contributed by atoms with van der Waals surface area (Å²) < 4.78 is 5.55. The van der Waals surface area contributed by atoms with Gasteiger partial charge in [-0.2, -0.15) is 0 Å². The molecule has 4 nitrogen and oxygen atoms in total. The molecule has 0 heterocycles. The second-order valence-corrected chi connectivity index (χ2v) is 5.55. The summed E-state index contributed by atoms with van der Waals surface area (Å²) >= 11 is 0. The van der Waals surface area contributed by atoms with Crippen molar-refractivity contribution in [3.63, 3.8) is 0 Å². The molecule has 0 aliphatic heterocycles. The monoisotopic (exact) mass is 301 g/mol. The van der Waals surface area contributed by atoms with Gasteiger partial charge in [0.25, 0.3) is 0 Å². The number of halogens is 1. The molecule has 0 radical (unpaired) electrons. The predicted molar refractivity (Wildman–Crippen MR) is 82.2 cm³/mol. The molecule has 1 rings (SSSR count). The molecule has 0 bridgehead atoms. The molecule has 1 aromatic carbocycles. The van der Waals surface area contributed by atoms with Gasteiger partial charge in [0.05, 0.1) is 5.41 Å². The van der Waals surface area contributed by atoms with Gasteiger partial charge in [0.1, 0.15) is 11.9 Å². The van der Waals surface area contributed by atoms with E-state index < -0.39 is 11.5 Å². The van der Waals surface area contributed by atoms with E-state index in [-0.39, 0.29) is 24.1 Å². The van der Waals surface area contributed by atoms with Crippen LogP contribution in [0.25, 0.3) is 0 Å². The molecule has 20 heavy (non-hydrogen) atoms. The largest absolute Gasteiger partial charge is 0.508 e. The van der Waals surface area contributed by atoms with Crippen molar-refractivity contribution in [2.45, 2.75) is 33.8 Å². The zero-order valence-corrected chi connectivity index (χ0v) is 13.3. The number of nitrogens with one attached hydrogen (secondary N) is 1. The molecule has 0 aliphatic carbocycles. The predicted octanol–water partition coefficient (Wildman–Crippen LogP) is 3.05. The number of carbonyl (C=O) groups excluding carboxylic acids is 1. The SMILES string of the molecule is CCNCC(OC(=O)C(C)(C)C)c1cccc(O)c1.Cl. The van der Waals surface area contributed by atoms with E-state index in [0.29, 0.717) is 6.54 Å². The fraction of sp³-hybridized carbons (Fsp3) is 0.533. The summed E-state index contributed by atoms with van der Waals surface area (Å²) in [6, 6.07) is 6.81. The Morgan fingerprint density at radius 2 is 2.05 bits per heavy atom. The van der Waals surface area contributed by atoms with Crippen molar-refractivity contribution in [1.29, 1.82) is 0 Å². The molecule has 0 spiro atoms. The maximum Gasteiger partial charge on any atom is 0.311 e. The first-order valence-electron chi connectivity index (χ1n) is 6.55. The van der Waals surface area contributed by atoms with E-state index in [1.807, 2.05) is 33.8 Å². The molecule has 0 fully saturated rings. The van der Waals surface area contributed by atoms with Gasteiger partial charge in [0, 0.05) is 6.54 Å². The molecule has 1 aromatic rings. The highest BCUT2D eigenvalue weighted by atomic mass is 35.5. The maximum absolute atomic E-state index is 12.0. The minimum atomic E-state index is -0.540. The number of esters is 1. The lowest BCUT2D eigenvalue weighted by molar-refractivity contribution is -0.158. The first-order chi connectivity index (χ1) is 8.84. The van der Waals surface area contributed by atoms with Crippen molar-refractivity contribution in [2.75, 3.05) is 13.1 Å². The number of benzene rings is 1. The van der Waals surface area contributed by atoms with Crippen LogP contribution in [-0.4, -0.2) is 24.2 Å². The number of phenols is 1. The molecule has 0 saturated heterocycles. The van der Waals surface area contributed by atoms with Gasteiger partial charge in [-0.25, -0.2) is 0 Å². The summed E-state index contributed by atoms with van der Waals surface area (Å²) in [4.78, 5) is 12.0. The Morgan fingerprint density at radius 3 is 2.55 bits per heavy atom. The number of hydrogen-bond acceptors (Lipinski definition) is 4. The maximum atomic E-state index is 12.0. The van der Waals surface area contributed by atoms with Gasteiger partial charge in [-0.05, 0) is 45.0 Å². The van der Waals surface area contributed by atoms with Gasteiger partial charge in [-0.15, -0.1) is 12.4 Å². The topological polar surface area (TPSA) is 58.6 Å². The minimum Gasteiger partial charge on any atom is -0.508 e. The van der Waals surface area contributed by atoms with E-state index in [4.69, 9.17) is 4.74 Å². The van der Waals surface area contributed by atoms with E-state index >= 15 is 0 Å². The van der Waals surface area contributed by atoms with Crippen LogP contribution in [0.3, 0.4) is 0 Å². The lowest BCUT2D eigenvalue weighted by atomic mass is 9.97. The fourth-order valence-electron chi connectivity index (χ4n) is 1.53. The van der Waals surface area contributed by atoms with Gasteiger partial charge in [-0.1, -0.05) is 19.1 Å². The Kier molecular flexibility index (Phi) is 7.61. The molecule has 1 atom stereocenters. The molecule has 2 N–H and O–H groups in total. The van der Waals surface area contributed by atoms with Crippen LogP contribution in [0.5, 0.6) is 5.75 Å². The van der Waals surface area contributed by atoms with Gasteiger partial charge in [0.15, 0.2) is 0 Å². The number of likely N-dealkylation sites (N-methyl/N-ethyl adjacent to an activating group) is 1. The van der Waals surface area contributed by atoms with E-state index in [1.54, 1.807) is 18.2 Å². The Morgan fingerprint density at radius 1 is 1.40 bits per heavy atom. The summed E-state index contributed by atoms with van der Waals surface area (Å²) in [5.41, 5.74) is 0.250. The summed E-state index contributed by atoms with van der Waals surface area (Å²) in [6.45, 7) is 8.78. The quantitative estimate of drug-likeness (QED) is 0.821. The third-order valence-corrected chi connectivity index (χ3v) is 2.68. The van der Waals surface area contributed by atoms with Crippen molar-refractivity contribution in [3.05, 3.63) is 29.8 Å². The average molecular weight is 302 g/mol. The normalized spacial score (nSPS) is 12.4. The molecule has 0 aliphatic rings. The summed E-state index contributed by atoms with van der Waals surface area (Å²) in [5.74, 6) is -0.0791. The van der Waals surface area contributed by atoms with E-state index in [1.165, 1.54) is 0 Å². The third-order valence-electron chi connectivity index (χ3n) is 2.68. The van der Waals surface area contributed by atoms with Crippen molar-refractivity contribution < 1.29 is 14.6 Å². The highest BCUT2D eigenvalue weighted by Crippen LogP contribution is 2.25. The van der Waals surface area contributed by atoms with Crippen molar-refractivity contribution in [3.8, 4) is 5.75 Å². The number of rotatable bonds is 5. The van der Waals surface area contributed by atoms with Crippen molar-refractivity contribution >= 4 is 18.4 Å². The first-order valence-corrected chi connectivity index (χ1v) is 6.55. The zero-order chi connectivity index (χ0) is 14.5. The highest BCUT2D eigenvalue weighted by molar-refractivity contribution is 5.85. The lowest BCUT2D eigenvalue weighted by Crippen LogP contribution is -2.30. The van der Waals surface area contributed by atoms with E-state index in [9.17, 15) is 9.90 Å². The molecule has 0 aromatic heterocycles. The molecule has 114 valence electrons. The standard InChI is InChI=1S/C15H23NO3.ClH/c1-5-16-10-13(19-14(18)15(2,3)4)11-7-6-8-12(17)9-11;/h6-9,13,16-17H,5,10H2,1-4H3;1H. The Labute approximate surface area is 126 Å². The van der Waals surface area contributed by atoms with Crippen LogP contribution >= 0.6 is 12.4 Å². The Balaban J connectivity index is 0.00000361. The first kappa shape index (κ1) is 18.7. The van der Waals surface area contributed by atoms with Crippen LogP contribution in [0, 0.1) is 5.41 Å². The van der Waals surface area contributed by atoms with Crippen LogP contribution in [-0.2, 0) is 9.53 Å². The smallest absolute Gasteiger partial charge is 0.311 e. The number of aromatic hydroxyl groups is 1. The van der Waals surface area contributed by atoms with Gasteiger partial charge in [-0.3, -0.25) is 4.79 Å². The molecule has 0 amide bonds. The third kappa shape index (κ3) is 5.80. The Hall–Kier alpha value is -1.26. The van der Waals surface area contributed by atoms with Gasteiger partial charge in [0.2, 0.25) is 0 Å². The van der Waals surface area contributed by atoms with Crippen LogP contribution in [0.15, 0.2) is 24.3 Å². The summed E-state index contributed by atoms with van der Waals surface area (Å²) in [6.07, 6.45) is -0.390. The Bertz CT molecular complexity index is 429. The average Bonchev–Trinajstić information content (AvgIpc) is 2.33. The molecular formula is C15H24ClNO3. The second kappa shape index (κ2) is 8.12. The molecule has 1 unspecified atom stereocenters. The number of phenolic OH excluding ortho intramolecular Hbond substituents is 1. The van der Waals surface area contributed by atoms with Crippen LogP contribution in [0.2, 0.25) is 0 Å². The zero-order valence-electron chi connectivity index (χ0n) is 12.5. The summed E-state index contributed by atoms with van der Waals surface area (Å²) in [5, 5.41) is 12.7. The van der Waals surface area contributed by atoms with Gasteiger partial charge >= 0.3 is 5.97 Å². The molecule has 0 saturated carbocycles. The van der Waals surface area contributed by atoms with Crippen molar-refractivity contribution in [2.24, 2.45) is 5.41 Å². The van der Waals surface area contributed by atoms with Crippen LogP contribution in [0.1, 0.15) is 39.4 Å². The number of hydrogen-bond donors (Lipinski definition) is 2. The van der Waals surface area contributed by atoms with E-state index in [0.717, 1.165) is 12.1 Å². The lowest BCUT2D eigenvalue weighted by Gasteiger charge is -2.24. The van der Waals surface area contributed by atoms with Crippen molar-refractivity contribution in [1.82, 2.24) is 5.32 Å². The molecular weight excluding hydrogens is 278 g/mol. The fourth-order valence-corrected chi connectivity index (χ4v) is 1.53. The van der Waals surface area contributed by atoms with E-state index in [2.05, 4.69) is 5.32 Å². The van der Waals surface area contributed by atoms with Crippen LogP contribution < -0.4 is 5.32 Å². The van der Waals surface area contributed by atoms with Gasteiger partial charge < -0.3 is 15.2 Å². The molecule has 5 heteroatoms. The number of carbonyl (C=O) groups is 1. The summed E-state index contributed by atoms with van der Waals surface area (Å²) in [7, 11) is 0. The second-order valence-electron chi connectivity index (χ2n) is 5.55. The highest BCUT2D eigenvalue weighted by Gasteiger charge is 2.27. The number of ether oxygens (including phenoxy) is 1.